The zero-order valence-electron chi connectivity index (χ0n) is 14.2. The van der Waals surface area contributed by atoms with Crippen LogP contribution in [-0.2, 0) is 11.3 Å². The molecular formula is C18H29N3O2. The Hall–Kier alpha value is -1.14. The van der Waals surface area contributed by atoms with Crippen molar-refractivity contribution in [3.8, 4) is 5.75 Å². The molecule has 1 atom stereocenters. The van der Waals surface area contributed by atoms with Gasteiger partial charge in [-0.2, -0.15) is 0 Å². The van der Waals surface area contributed by atoms with Gasteiger partial charge in [0.2, 0.25) is 0 Å². The molecule has 0 spiro atoms. The van der Waals surface area contributed by atoms with Gasteiger partial charge in [-0.25, -0.2) is 0 Å². The third-order valence-corrected chi connectivity index (χ3v) is 4.78. The van der Waals surface area contributed by atoms with Crippen LogP contribution in [0.4, 0.5) is 0 Å². The van der Waals surface area contributed by atoms with Gasteiger partial charge in [0, 0.05) is 59.0 Å². The quantitative estimate of drug-likeness (QED) is 0.764. The van der Waals surface area contributed by atoms with Crippen LogP contribution in [0.15, 0.2) is 24.3 Å². The molecule has 0 radical (unpaired) electrons. The highest BCUT2D eigenvalue weighted by Crippen LogP contribution is 2.20. The number of hydrogen-bond acceptors (Lipinski definition) is 5. The van der Waals surface area contributed by atoms with Crippen molar-refractivity contribution in [3.63, 3.8) is 0 Å². The van der Waals surface area contributed by atoms with Crippen molar-refractivity contribution in [2.75, 3.05) is 59.6 Å². The molecule has 2 aliphatic heterocycles. The van der Waals surface area contributed by atoms with Crippen LogP contribution in [0.5, 0.6) is 5.75 Å². The molecule has 0 saturated carbocycles. The highest BCUT2D eigenvalue weighted by molar-refractivity contribution is 5.28. The zero-order chi connectivity index (χ0) is 15.9. The Labute approximate surface area is 139 Å². The van der Waals surface area contributed by atoms with Gasteiger partial charge < -0.3 is 14.8 Å². The first-order valence-corrected chi connectivity index (χ1v) is 8.73. The summed E-state index contributed by atoms with van der Waals surface area (Å²) in [5.74, 6) is 0.942. The molecule has 1 N–H and O–H groups in total. The summed E-state index contributed by atoms with van der Waals surface area (Å²) >= 11 is 0. The second kappa shape index (κ2) is 8.64. The molecule has 2 fully saturated rings. The molecule has 0 aliphatic carbocycles. The summed E-state index contributed by atoms with van der Waals surface area (Å²) in [6, 6.07) is 9.20. The molecule has 3 rings (SSSR count). The summed E-state index contributed by atoms with van der Waals surface area (Å²) in [6.45, 7) is 9.30. The summed E-state index contributed by atoms with van der Waals surface area (Å²) in [4.78, 5) is 5.22. The highest BCUT2D eigenvalue weighted by atomic mass is 16.5. The Morgan fingerprint density at radius 1 is 1.17 bits per heavy atom. The van der Waals surface area contributed by atoms with E-state index in [0.29, 0.717) is 13.2 Å². The van der Waals surface area contributed by atoms with Crippen LogP contribution in [0.2, 0.25) is 0 Å². The average Bonchev–Trinajstić information content (AvgIpc) is 3.05. The number of methoxy groups -OCH3 is 1. The summed E-state index contributed by atoms with van der Waals surface area (Å²) < 4.78 is 10.7. The monoisotopic (exact) mass is 319 g/mol. The standard InChI is InChI=1S/C18H29N3O2/c1-22-11-12-23-18-4-2-3-16(13-18)14-20-8-5-17(15-20)21-9-6-19-7-10-21/h2-4,13,17,19H,5-12,14-15H2,1H3. The Morgan fingerprint density at radius 2 is 2.04 bits per heavy atom. The minimum atomic E-state index is 0.606. The average molecular weight is 319 g/mol. The van der Waals surface area contributed by atoms with Gasteiger partial charge in [-0.15, -0.1) is 0 Å². The molecule has 23 heavy (non-hydrogen) atoms. The van der Waals surface area contributed by atoms with E-state index < -0.39 is 0 Å². The minimum Gasteiger partial charge on any atom is -0.491 e. The molecule has 0 amide bonds. The maximum absolute atomic E-state index is 5.71. The van der Waals surface area contributed by atoms with Crippen molar-refractivity contribution < 1.29 is 9.47 Å². The minimum absolute atomic E-state index is 0.606. The van der Waals surface area contributed by atoms with E-state index in [1.807, 2.05) is 6.07 Å². The second-order valence-corrected chi connectivity index (χ2v) is 6.45. The first-order valence-electron chi connectivity index (χ1n) is 8.73. The molecule has 1 aromatic rings. The van der Waals surface area contributed by atoms with Crippen LogP contribution < -0.4 is 10.1 Å². The van der Waals surface area contributed by atoms with Crippen molar-refractivity contribution in [2.24, 2.45) is 0 Å². The second-order valence-electron chi connectivity index (χ2n) is 6.45. The molecule has 2 aliphatic rings. The molecular weight excluding hydrogens is 290 g/mol. The number of likely N-dealkylation sites (tertiary alicyclic amines) is 1. The van der Waals surface area contributed by atoms with Gasteiger partial charge >= 0.3 is 0 Å². The van der Waals surface area contributed by atoms with Gasteiger partial charge in [0.25, 0.3) is 0 Å². The fraction of sp³-hybridized carbons (Fsp3) is 0.667. The number of benzene rings is 1. The fourth-order valence-corrected chi connectivity index (χ4v) is 3.54. The first kappa shape index (κ1) is 16.7. The summed E-state index contributed by atoms with van der Waals surface area (Å²) in [5, 5.41) is 3.44. The van der Waals surface area contributed by atoms with Crippen LogP contribution in [0.25, 0.3) is 0 Å². The molecule has 1 aromatic carbocycles. The van der Waals surface area contributed by atoms with Crippen molar-refractivity contribution in [1.29, 1.82) is 0 Å². The topological polar surface area (TPSA) is 37.0 Å². The SMILES string of the molecule is COCCOc1cccc(CN2CCC(N3CCNCC3)C2)c1. The normalized spacial score (nSPS) is 23.3. The van der Waals surface area contributed by atoms with E-state index in [0.717, 1.165) is 31.4 Å². The van der Waals surface area contributed by atoms with Gasteiger partial charge in [-0.1, -0.05) is 12.1 Å². The van der Waals surface area contributed by atoms with E-state index >= 15 is 0 Å². The predicted molar refractivity (Wildman–Crippen MR) is 91.9 cm³/mol. The van der Waals surface area contributed by atoms with E-state index in [4.69, 9.17) is 9.47 Å². The van der Waals surface area contributed by atoms with Crippen molar-refractivity contribution in [1.82, 2.24) is 15.1 Å². The number of nitrogens with one attached hydrogen (secondary N) is 1. The third-order valence-electron chi connectivity index (χ3n) is 4.78. The van der Waals surface area contributed by atoms with E-state index in [1.165, 1.54) is 38.2 Å². The number of nitrogens with zero attached hydrogens (tertiary/aromatic N) is 2. The lowest BCUT2D eigenvalue weighted by molar-refractivity contribution is 0.146. The van der Waals surface area contributed by atoms with Gasteiger partial charge in [-0.3, -0.25) is 9.80 Å². The van der Waals surface area contributed by atoms with E-state index in [-0.39, 0.29) is 0 Å². The maximum atomic E-state index is 5.71. The Morgan fingerprint density at radius 3 is 2.87 bits per heavy atom. The van der Waals surface area contributed by atoms with Crippen molar-refractivity contribution >= 4 is 0 Å². The first-order chi connectivity index (χ1) is 11.3. The van der Waals surface area contributed by atoms with Gasteiger partial charge in [0.1, 0.15) is 12.4 Å². The third kappa shape index (κ3) is 4.91. The van der Waals surface area contributed by atoms with E-state index in [2.05, 4.69) is 33.3 Å². The molecule has 5 heteroatoms. The largest absolute Gasteiger partial charge is 0.491 e. The molecule has 0 bridgehead atoms. The number of rotatable bonds is 7. The lowest BCUT2D eigenvalue weighted by Crippen LogP contribution is -2.49. The van der Waals surface area contributed by atoms with Gasteiger partial charge in [0.15, 0.2) is 0 Å². The molecule has 0 aromatic heterocycles. The molecule has 1 unspecified atom stereocenters. The van der Waals surface area contributed by atoms with E-state index in [9.17, 15) is 0 Å². The Balaban J connectivity index is 1.48. The smallest absolute Gasteiger partial charge is 0.119 e. The van der Waals surface area contributed by atoms with Crippen LogP contribution in [0.1, 0.15) is 12.0 Å². The molecule has 5 nitrogen and oxygen atoms in total. The lowest BCUT2D eigenvalue weighted by atomic mass is 10.2. The number of ether oxygens (including phenoxy) is 2. The van der Waals surface area contributed by atoms with Crippen LogP contribution in [0, 0.1) is 0 Å². The molecule has 2 saturated heterocycles. The highest BCUT2D eigenvalue weighted by Gasteiger charge is 2.28. The van der Waals surface area contributed by atoms with Gasteiger partial charge in [-0.05, 0) is 24.1 Å². The van der Waals surface area contributed by atoms with Crippen molar-refractivity contribution in [2.45, 2.75) is 19.0 Å². The van der Waals surface area contributed by atoms with E-state index in [1.54, 1.807) is 7.11 Å². The molecule has 2 heterocycles. The summed E-state index contributed by atoms with van der Waals surface area (Å²) in [6.07, 6.45) is 1.30. The van der Waals surface area contributed by atoms with Crippen LogP contribution in [-0.4, -0.2) is 75.4 Å². The number of piperazine rings is 1. The summed E-state index contributed by atoms with van der Waals surface area (Å²) in [7, 11) is 1.70. The Bertz CT molecular complexity index is 477. The van der Waals surface area contributed by atoms with Crippen LogP contribution >= 0.6 is 0 Å². The van der Waals surface area contributed by atoms with Crippen LogP contribution in [0.3, 0.4) is 0 Å². The zero-order valence-corrected chi connectivity index (χ0v) is 14.2. The Kier molecular flexibility index (Phi) is 6.28. The maximum Gasteiger partial charge on any atom is 0.119 e. The lowest BCUT2D eigenvalue weighted by Gasteiger charge is -2.32. The van der Waals surface area contributed by atoms with Gasteiger partial charge in [0.05, 0.1) is 6.61 Å². The van der Waals surface area contributed by atoms with Crippen molar-refractivity contribution in [3.05, 3.63) is 29.8 Å². The molecule has 128 valence electrons. The number of hydrogen-bond donors (Lipinski definition) is 1. The predicted octanol–water partition coefficient (Wildman–Crippen LogP) is 1.19. The summed E-state index contributed by atoms with van der Waals surface area (Å²) in [5.41, 5.74) is 1.33. The fourth-order valence-electron chi connectivity index (χ4n) is 3.54.